The molecule has 7 nitrogen and oxygen atoms in total. The van der Waals surface area contributed by atoms with Crippen molar-refractivity contribution in [3.63, 3.8) is 0 Å². The number of thioether (sulfide) groups is 1. The Labute approximate surface area is 207 Å². The number of hydrogen-bond donors (Lipinski definition) is 3. The van der Waals surface area contributed by atoms with Gasteiger partial charge in [0.2, 0.25) is 0 Å². The van der Waals surface area contributed by atoms with Gasteiger partial charge in [-0.15, -0.1) is 0 Å². The Kier molecular flexibility index (Phi) is 6.58. The molecule has 5 rings (SSSR count). The Morgan fingerprint density at radius 2 is 2.06 bits per heavy atom. The monoisotopic (exact) mass is 519 g/mol. The average Bonchev–Trinajstić information content (AvgIpc) is 3.48. The van der Waals surface area contributed by atoms with Crippen LogP contribution >= 0.6 is 11.8 Å². The lowest BCUT2D eigenvalue weighted by Gasteiger charge is -2.33. The maximum atomic E-state index is 13.8. The maximum absolute atomic E-state index is 13.8. The highest BCUT2D eigenvalue weighted by Crippen LogP contribution is 2.40. The topological polar surface area (TPSA) is 93.6 Å². The van der Waals surface area contributed by atoms with Crippen LogP contribution in [0.5, 0.6) is 0 Å². The molecule has 188 valence electrons. The van der Waals surface area contributed by atoms with E-state index in [2.05, 4.69) is 20.5 Å². The maximum Gasteiger partial charge on any atom is 0.416 e. The van der Waals surface area contributed by atoms with E-state index in [0.717, 1.165) is 34.8 Å². The SMILES string of the molecule is O=C1N=C(N2CCN[C@@H](CO)C2)SC1=C(Cc1ccc(F)cc1C(F)(F)F)c1ccc2[nH]ncc2c1. The van der Waals surface area contributed by atoms with Crippen LogP contribution in [-0.4, -0.2) is 63.6 Å². The first kappa shape index (κ1) is 24.5. The first-order valence-electron chi connectivity index (χ1n) is 11.2. The first-order chi connectivity index (χ1) is 17.2. The Morgan fingerprint density at radius 1 is 1.22 bits per heavy atom. The minimum atomic E-state index is -4.77. The molecular formula is C24H21F4N5O2S. The van der Waals surface area contributed by atoms with Gasteiger partial charge in [0, 0.05) is 31.1 Å². The van der Waals surface area contributed by atoms with Crippen LogP contribution in [0.25, 0.3) is 16.5 Å². The van der Waals surface area contributed by atoms with E-state index in [-0.39, 0.29) is 29.5 Å². The minimum Gasteiger partial charge on any atom is -0.395 e. The lowest BCUT2D eigenvalue weighted by atomic mass is 9.93. The van der Waals surface area contributed by atoms with Crippen LogP contribution in [0.4, 0.5) is 17.6 Å². The summed E-state index contributed by atoms with van der Waals surface area (Å²) >= 11 is 1.10. The summed E-state index contributed by atoms with van der Waals surface area (Å²) in [5.41, 5.74) is 0.400. The second-order valence-corrected chi connectivity index (χ2v) is 9.51. The Balaban J connectivity index is 1.57. The zero-order valence-electron chi connectivity index (χ0n) is 18.8. The first-order valence-corrected chi connectivity index (χ1v) is 12.0. The fraction of sp³-hybridized carbons (Fsp3) is 0.292. The number of hydrogen-bond acceptors (Lipinski definition) is 6. The number of piperazine rings is 1. The van der Waals surface area contributed by atoms with E-state index in [1.807, 2.05) is 4.90 Å². The van der Waals surface area contributed by atoms with Crippen molar-refractivity contribution in [3.05, 3.63) is 70.0 Å². The molecule has 0 radical (unpaired) electrons. The molecule has 3 aromatic rings. The standard InChI is InChI=1S/C24H21F4N5O2S/c25-16-3-1-14(19(9-16)24(26,27)28)8-18(13-2-4-20-15(7-13)10-30-32-20)21-22(35)31-23(36-21)33-6-5-29-17(11-33)12-34/h1-4,7,9-10,17,29,34H,5-6,8,11-12H2,(H,30,32)/t17-/m1/s1. The van der Waals surface area contributed by atoms with E-state index >= 15 is 0 Å². The second-order valence-electron chi connectivity index (χ2n) is 8.54. The summed E-state index contributed by atoms with van der Waals surface area (Å²) in [6.45, 7) is 1.52. The van der Waals surface area contributed by atoms with Crippen LogP contribution in [0.2, 0.25) is 0 Å². The number of aromatic amines is 1. The fourth-order valence-electron chi connectivity index (χ4n) is 4.34. The number of carbonyl (C=O) groups excluding carboxylic acids is 1. The molecule has 0 saturated carbocycles. The third-order valence-corrected chi connectivity index (χ3v) is 7.30. The van der Waals surface area contributed by atoms with E-state index < -0.39 is 23.5 Å². The third-order valence-electron chi connectivity index (χ3n) is 6.14. The molecular weight excluding hydrogens is 498 g/mol. The van der Waals surface area contributed by atoms with Crippen LogP contribution in [-0.2, 0) is 17.4 Å². The molecule has 3 N–H and O–H groups in total. The van der Waals surface area contributed by atoms with Gasteiger partial charge < -0.3 is 15.3 Å². The highest BCUT2D eigenvalue weighted by atomic mass is 32.2. The number of amidine groups is 1. The van der Waals surface area contributed by atoms with E-state index in [1.54, 1.807) is 24.4 Å². The average molecular weight is 520 g/mol. The summed E-state index contributed by atoms with van der Waals surface area (Å²) in [4.78, 5) is 19.4. The fourth-order valence-corrected chi connectivity index (χ4v) is 5.40. The number of amides is 1. The Hall–Kier alpha value is -3.22. The zero-order chi connectivity index (χ0) is 25.4. The molecule has 1 saturated heterocycles. The number of fused-ring (bicyclic) bond motifs is 1. The molecule has 2 aliphatic heterocycles. The van der Waals surface area contributed by atoms with Gasteiger partial charge in [-0.05, 0) is 59.1 Å². The smallest absolute Gasteiger partial charge is 0.395 e. The van der Waals surface area contributed by atoms with Crippen molar-refractivity contribution in [2.45, 2.75) is 18.6 Å². The van der Waals surface area contributed by atoms with Crippen LogP contribution in [0.1, 0.15) is 16.7 Å². The number of allylic oxidation sites excluding steroid dienone is 1. The van der Waals surface area contributed by atoms with Crippen LogP contribution < -0.4 is 5.32 Å². The number of carbonyl (C=O) groups is 1. The van der Waals surface area contributed by atoms with Crippen molar-refractivity contribution in [2.24, 2.45) is 4.99 Å². The molecule has 2 aromatic carbocycles. The predicted octanol–water partition coefficient (Wildman–Crippen LogP) is 3.57. The molecule has 1 atom stereocenters. The van der Waals surface area contributed by atoms with Gasteiger partial charge in [-0.3, -0.25) is 9.89 Å². The summed E-state index contributed by atoms with van der Waals surface area (Å²) in [7, 11) is 0. The Morgan fingerprint density at radius 3 is 2.83 bits per heavy atom. The van der Waals surface area contributed by atoms with Gasteiger partial charge in [-0.2, -0.15) is 23.3 Å². The summed E-state index contributed by atoms with van der Waals surface area (Å²) in [6.07, 6.45) is -3.44. The predicted molar refractivity (Wildman–Crippen MR) is 129 cm³/mol. The number of nitrogens with zero attached hydrogens (tertiary/aromatic N) is 3. The summed E-state index contributed by atoms with van der Waals surface area (Å²) < 4.78 is 55.0. The molecule has 2 aliphatic rings. The van der Waals surface area contributed by atoms with Gasteiger partial charge >= 0.3 is 6.18 Å². The molecule has 0 spiro atoms. The van der Waals surface area contributed by atoms with Gasteiger partial charge in [0.05, 0.1) is 28.8 Å². The molecule has 0 unspecified atom stereocenters. The lowest BCUT2D eigenvalue weighted by molar-refractivity contribution is -0.138. The van der Waals surface area contributed by atoms with Gasteiger partial charge in [0.25, 0.3) is 5.91 Å². The number of rotatable bonds is 4. The highest BCUT2D eigenvalue weighted by Gasteiger charge is 2.36. The van der Waals surface area contributed by atoms with E-state index in [0.29, 0.717) is 42.0 Å². The minimum absolute atomic E-state index is 0.0775. The number of halogens is 4. The number of aliphatic imine (C=N–C) groups is 1. The highest BCUT2D eigenvalue weighted by molar-refractivity contribution is 8.18. The number of aromatic nitrogens is 2. The van der Waals surface area contributed by atoms with E-state index in [4.69, 9.17) is 0 Å². The van der Waals surface area contributed by atoms with Crippen LogP contribution in [0.3, 0.4) is 0 Å². The molecule has 1 amide bonds. The third kappa shape index (κ3) is 4.88. The molecule has 3 heterocycles. The van der Waals surface area contributed by atoms with E-state index in [9.17, 15) is 27.5 Å². The van der Waals surface area contributed by atoms with Gasteiger partial charge in [-0.25, -0.2) is 4.39 Å². The van der Waals surface area contributed by atoms with Gasteiger partial charge in [0.1, 0.15) is 5.82 Å². The molecule has 12 heteroatoms. The lowest BCUT2D eigenvalue weighted by Crippen LogP contribution is -2.53. The number of nitrogens with one attached hydrogen (secondary N) is 2. The van der Waals surface area contributed by atoms with Crippen molar-refractivity contribution in [1.29, 1.82) is 0 Å². The second kappa shape index (κ2) is 9.68. The zero-order valence-corrected chi connectivity index (χ0v) is 19.6. The number of aliphatic hydroxyl groups is 1. The van der Waals surface area contributed by atoms with Crippen LogP contribution in [0.15, 0.2) is 52.5 Å². The van der Waals surface area contributed by atoms with E-state index in [1.165, 1.54) is 0 Å². The molecule has 0 bridgehead atoms. The van der Waals surface area contributed by atoms with Crippen molar-refractivity contribution in [2.75, 3.05) is 26.2 Å². The summed E-state index contributed by atoms with van der Waals surface area (Å²) in [6, 6.07) is 7.56. The van der Waals surface area contributed by atoms with Crippen molar-refractivity contribution >= 4 is 39.3 Å². The van der Waals surface area contributed by atoms with Crippen molar-refractivity contribution < 1.29 is 27.5 Å². The summed E-state index contributed by atoms with van der Waals surface area (Å²) in [5, 5.41) is 20.6. The van der Waals surface area contributed by atoms with Crippen molar-refractivity contribution in [1.82, 2.24) is 20.4 Å². The molecule has 0 aliphatic carbocycles. The number of H-pyrrole nitrogens is 1. The number of aliphatic hydroxyl groups excluding tert-OH is 1. The summed E-state index contributed by atoms with van der Waals surface area (Å²) in [5.74, 6) is -1.54. The largest absolute Gasteiger partial charge is 0.416 e. The molecule has 1 fully saturated rings. The van der Waals surface area contributed by atoms with Crippen LogP contribution in [0, 0.1) is 5.82 Å². The quantitative estimate of drug-likeness (QED) is 0.361. The normalized spacial score (nSPS) is 20.2. The number of benzene rings is 2. The van der Waals surface area contributed by atoms with Gasteiger partial charge in [0.15, 0.2) is 5.17 Å². The molecule has 1 aromatic heterocycles. The number of alkyl halides is 3. The van der Waals surface area contributed by atoms with Gasteiger partial charge in [-0.1, -0.05) is 12.1 Å². The molecule has 36 heavy (non-hydrogen) atoms. The van der Waals surface area contributed by atoms with Crippen molar-refractivity contribution in [3.8, 4) is 0 Å². The Bertz CT molecular complexity index is 1380.